The lowest BCUT2D eigenvalue weighted by Gasteiger charge is -2.00. The summed E-state index contributed by atoms with van der Waals surface area (Å²) in [6.07, 6.45) is 0. The Bertz CT molecular complexity index is 833. The molecule has 2 N–H and O–H groups in total. The van der Waals surface area contributed by atoms with Crippen LogP contribution in [0.3, 0.4) is 0 Å². The molecule has 2 heteroatoms. The van der Waals surface area contributed by atoms with Crippen LogP contribution in [-0.4, -0.2) is 10.2 Å². The maximum atomic E-state index is 9.74. The number of aromatic hydroxyl groups is 2. The molecule has 0 aliphatic heterocycles. The zero-order chi connectivity index (χ0) is 13.9. The summed E-state index contributed by atoms with van der Waals surface area (Å²) in [4.78, 5) is 0. The lowest BCUT2D eigenvalue weighted by molar-refractivity contribution is 0.403. The van der Waals surface area contributed by atoms with E-state index in [0.29, 0.717) is 5.56 Å². The van der Waals surface area contributed by atoms with Gasteiger partial charge >= 0.3 is 0 Å². The van der Waals surface area contributed by atoms with Gasteiger partial charge in [-0.15, -0.1) is 0 Å². The third-order valence-electron chi connectivity index (χ3n) is 3.14. The highest BCUT2D eigenvalue weighted by Gasteiger charge is 2.02. The highest BCUT2D eigenvalue weighted by atomic mass is 16.3. The third kappa shape index (κ3) is 2.17. The summed E-state index contributed by atoms with van der Waals surface area (Å²) in [6.45, 7) is 0. The summed E-state index contributed by atoms with van der Waals surface area (Å²) in [5.41, 5.74) is 1.31. The maximum absolute atomic E-state index is 9.74. The molecule has 0 saturated carbocycles. The number of benzene rings is 3. The second-order valence-corrected chi connectivity index (χ2v) is 4.45. The van der Waals surface area contributed by atoms with Gasteiger partial charge in [0.1, 0.15) is 0 Å². The average molecular weight is 260 g/mol. The van der Waals surface area contributed by atoms with Gasteiger partial charge in [-0.2, -0.15) is 0 Å². The molecule has 0 radical (unpaired) electrons. The number of phenolic OH excluding ortho intramolecular Hbond substituents is 2. The smallest absolute Gasteiger partial charge is 0.173 e. The van der Waals surface area contributed by atoms with Crippen LogP contribution in [0.4, 0.5) is 0 Å². The van der Waals surface area contributed by atoms with E-state index in [1.807, 2.05) is 42.5 Å². The van der Waals surface area contributed by atoms with E-state index >= 15 is 0 Å². The molecule has 0 unspecified atom stereocenters. The number of rotatable bonds is 0. The number of phenols is 2. The lowest BCUT2D eigenvalue weighted by Crippen LogP contribution is -1.81. The van der Waals surface area contributed by atoms with Gasteiger partial charge in [-0.1, -0.05) is 54.3 Å². The van der Waals surface area contributed by atoms with E-state index in [0.717, 1.165) is 16.3 Å². The number of hydrogen-bond acceptors (Lipinski definition) is 2. The first-order chi connectivity index (χ1) is 9.75. The van der Waals surface area contributed by atoms with Gasteiger partial charge < -0.3 is 10.2 Å². The monoisotopic (exact) mass is 260 g/mol. The minimum atomic E-state index is -0.180. The van der Waals surface area contributed by atoms with Crippen molar-refractivity contribution in [1.29, 1.82) is 0 Å². The molecule has 0 bridgehead atoms. The van der Waals surface area contributed by atoms with Crippen molar-refractivity contribution in [2.45, 2.75) is 0 Å². The summed E-state index contributed by atoms with van der Waals surface area (Å²) in [7, 11) is 0. The van der Waals surface area contributed by atoms with Gasteiger partial charge in [0.2, 0.25) is 0 Å². The second-order valence-electron chi connectivity index (χ2n) is 4.45. The summed E-state index contributed by atoms with van der Waals surface area (Å²) < 4.78 is 0. The van der Waals surface area contributed by atoms with E-state index in [2.05, 4.69) is 11.8 Å². The Kier molecular flexibility index (Phi) is 3.02. The third-order valence-corrected chi connectivity index (χ3v) is 3.14. The van der Waals surface area contributed by atoms with Gasteiger partial charge in [-0.3, -0.25) is 0 Å². The Morgan fingerprint density at radius 1 is 0.650 bits per heavy atom. The highest BCUT2D eigenvalue weighted by molar-refractivity contribution is 5.88. The van der Waals surface area contributed by atoms with Gasteiger partial charge in [0.05, 0.1) is 5.56 Å². The molecule has 96 valence electrons. The van der Waals surface area contributed by atoms with E-state index in [-0.39, 0.29) is 11.5 Å². The van der Waals surface area contributed by atoms with Crippen LogP contribution in [0.2, 0.25) is 0 Å². The van der Waals surface area contributed by atoms with Crippen LogP contribution in [-0.2, 0) is 0 Å². The van der Waals surface area contributed by atoms with E-state index < -0.39 is 0 Å². The minimum Gasteiger partial charge on any atom is -0.504 e. The van der Waals surface area contributed by atoms with Gasteiger partial charge in [-0.25, -0.2) is 0 Å². The first kappa shape index (κ1) is 12.1. The van der Waals surface area contributed by atoms with Crippen molar-refractivity contribution in [1.82, 2.24) is 0 Å². The van der Waals surface area contributed by atoms with Crippen molar-refractivity contribution in [2.24, 2.45) is 0 Å². The molecular formula is C18H12O2. The summed E-state index contributed by atoms with van der Waals surface area (Å²) in [6, 6.07) is 18.7. The Morgan fingerprint density at radius 2 is 1.30 bits per heavy atom. The highest BCUT2D eigenvalue weighted by Crippen LogP contribution is 2.27. The van der Waals surface area contributed by atoms with Crippen molar-refractivity contribution >= 4 is 10.8 Å². The van der Waals surface area contributed by atoms with Crippen molar-refractivity contribution in [2.75, 3.05) is 0 Å². The predicted octanol–water partition coefficient (Wildman–Crippen LogP) is 3.65. The molecule has 20 heavy (non-hydrogen) atoms. The van der Waals surface area contributed by atoms with E-state index in [9.17, 15) is 10.2 Å². The maximum Gasteiger partial charge on any atom is 0.173 e. The number of fused-ring (bicyclic) bond motifs is 1. The van der Waals surface area contributed by atoms with Gasteiger partial charge in [0.15, 0.2) is 11.5 Å². The fourth-order valence-electron chi connectivity index (χ4n) is 2.10. The second kappa shape index (κ2) is 4.99. The van der Waals surface area contributed by atoms with E-state index in [1.54, 1.807) is 12.1 Å². The van der Waals surface area contributed by atoms with Gasteiger partial charge in [0, 0.05) is 5.56 Å². The molecule has 0 heterocycles. The summed E-state index contributed by atoms with van der Waals surface area (Å²) in [5.74, 6) is 5.62. The fraction of sp³-hybridized carbons (Fsp3) is 0. The average Bonchev–Trinajstić information content (AvgIpc) is 2.49. The Morgan fingerprint density at radius 3 is 2.20 bits per heavy atom. The Balaban J connectivity index is 2.11. The topological polar surface area (TPSA) is 40.5 Å². The van der Waals surface area contributed by atoms with Crippen LogP contribution in [0.1, 0.15) is 11.1 Å². The van der Waals surface area contributed by atoms with Gasteiger partial charge in [-0.05, 0) is 29.0 Å². The van der Waals surface area contributed by atoms with Crippen molar-refractivity contribution < 1.29 is 10.2 Å². The zero-order valence-electron chi connectivity index (χ0n) is 10.7. The molecule has 0 spiro atoms. The molecular weight excluding hydrogens is 248 g/mol. The van der Waals surface area contributed by atoms with Crippen LogP contribution in [0, 0.1) is 11.8 Å². The molecule has 3 rings (SSSR count). The molecule has 3 aromatic rings. The molecule has 0 aliphatic rings. The van der Waals surface area contributed by atoms with Crippen molar-refractivity contribution in [3.63, 3.8) is 0 Å². The van der Waals surface area contributed by atoms with Crippen LogP contribution in [0.5, 0.6) is 11.5 Å². The SMILES string of the molecule is Oc1cccc(C#Cc2cccc3ccccc23)c1O. The molecule has 2 nitrogen and oxygen atoms in total. The Hall–Kier alpha value is -2.92. The van der Waals surface area contributed by atoms with Crippen LogP contribution in [0.25, 0.3) is 10.8 Å². The van der Waals surface area contributed by atoms with E-state index in [4.69, 9.17) is 0 Å². The molecule has 0 saturated heterocycles. The molecule has 0 amide bonds. The van der Waals surface area contributed by atoms with Crippen LogP contribution >= 0.6 is 0 Å². The molecule has 3 aromatic carbocycles. The molecule has 0 fully saturated rings. The fourth-order valence-corrected chi connectivity index (χ4v) is 2.10. The molecule has 0 aromatic heterocycles. The first-order valence-corrected chi connectivity index (χ1v) is 6.26. The van der Waals surface area contributed by atoms with E-state index in [1.165, 1.54) is 6.07 Å². The number of hydrogen-bond donors (Lipinski definition) is 2. The summed E-state index contributed by atoms with van der Waals surface area (Å²) in [5, 5.41) is 21.4. The summed E-state index contributed by atoms with van der Waals surface area (Å²) >= 11 is 0. The zero-order valence-corrected chi connectivity index (χ0v) is 10.7. The quantitative estimate of drug-likeness (QED) is 0.478. The normalized spacial score (nSPS) is 10.0. The van der Waals surface area contributed by atoms with Crippen LogP contribution in [0.15, 0.2) is 60.7 Å². The lowest BCUT2D eigenvalue weighted by atomic mass is 10.0. The van der Waals surface area contributed by atoms with Crippen molar-refractivity contribution in [3.8, 4) is 23.3 Å². The largest absolute Gasteiger partial charge is 0.504 e. The number of para-hydroxylation sites is 1. The molecule has 0 atom stereocenters. The Labute approximate surface area is 116 Å². The van der Waals surface area contributed by atoms with Crippen LogP contribution < -0.4 is 0 Å². The molecule has 0 aliphatic carbocycles. The standard InChI is InChI=1S/C18H12O2/c19-17-10-4-8-15(18(17)20)12-11-14-7-3-6-13-5-1-2-9-16(13)14/h1-10,19-20H. The minimum absolute atomic E-state index is 0.158. The van der Waals surface area contributed by atoms with Crippen molar-refractivity contribution in [3.05, 3.63) is 71.8 Å². The van der Waals surface area contributed by atoms with Gasteiger partial charge in [0.25, 0.3) is 0 Å². The predicted molar refractivity (Wildman–Crippen MR) is 79.7 cm³/mol. The first-order valence-electron chi connectivity index (χ1n) is 6.26.